The summed E-state index contributed by atoms with van der Waals surface area (Å²) in [5.74, 6) is -1.65. The van der Waals surface area contributed by atoms with Crippen molar-refractivity contribution in [1.82, 2.24) is 13.8 Å². The van der Waals surface area contributed by atoms with Crippen LogP contribution >= 0.6 is 0 Å². The van der Waals surface area contributed by atoms with Crippen molar-refractivity contribution in [1.29, 1.82) is 0 Å². The Hall–Kier alpha value is -1.95. The zero-order valence-electron chi connectivity index (χ0n) is 21.2. The molecule has 4 rings (SSSR count). The van der Waals surface area contributed by atoms with Gasteiger partial charge in [-0.3, -0.25) is 4.79 Å². The summed E-state index contributed by atoms with van der Waals surface area (Å²) in [5.41, 5.74) is 1.18. The van der Waals surface area contributed by atoms with Gasteiger partial charge in [0.2, 0.25) is 15.9 Å². The molecule has 3 aliphatic rings. The van der Waals surface area contributed by atoms with E-state index in [0.29, 0.717) is 76.5 Å². The maximum atomic E-state index is 13.9. The van der Waals surface area contributed by atoms with Gasteiger partial charge in [-0.1, -0.05) is 0 Å². The van der Waals surface area contributed by atoms with Crippen molar-refractivity contribution in [3.05, 3.63) is 17.0 Å². The molecule has 0 N–H and O–H groups in total. The molecule has 4 heterocycles. The number of likely N-dealkylation sites (tertiary alicyclic amines) is 1. The zero-order valence-corrected chi connectivity index (χ0v) is 22.0. The third kappa shape index (κ3) is 4.75. The number of sulfonamides is 1. The van der Waals surface area contributed by atoms with Gasteiger partial charge in [-0.25, -0.2) is 13.2 Å². The lowest BCUT2D eigenvalue weighted by Crippen LogP contribution is -2.51. The van der Waals surface area contributed by atoms with Gasteiger partial charge in [-0.2, -0.15) is 4.31 Å². The van der Waals surface area contributed by atoms with Crippen LogP contribution in [0, 0.1) is 19.8 Å². The van der Waals surface area contributed by atoms with Crippen LogP contribution in [0.2, 0.25) is 0 Å². The lowest BCUT2D eigenvalue weighted by atomic mass is 9.96. The SMILES string of the molecule is CCOC(=O)c1c(S(=O)(=O)N2CCC[C@H](C(=O)N3CCC4(CC3)OCCO4)C2)c(C)n(CC)c1C. The van der Waals surface area contributed by atoms with Crippen LogP contribution in [0.4, 0.5) is 0 Å². The second-order valence-corrected chi connectivity index (χ2v) is 11.3. The fourth-order valence-corrected chi connectivity index (χ4v) is 7.67. The molecular formula is C24H37N3O7S. The minimum absolute atomic E-state index is 0.00107. The first kappa shape index (κ1) is 26.1. The summed E-state index contributed by atoms with van der Waals surface area (Å²) in [5, 5.41) is 0. The Morgan fingerprint density at radius 2 is 1.71 bits per heavy atom. The van der Waals surface area contributed by atoms with E-state index in [0.717, 1.165) is 0 Å². The number of nitrogens with zero attached hydrogens (tertiary/aromatic N) is 3. The summed E-state index contributed by atoms with van der Waals surface area (Å²) in [6.07, 6.45) is 2.47. The fourth-order valence-electron chi connectivity index (χ4n) is 5.69. The Bertz CT molecular complexity index is 1070. The van der Waals surface area contributed by atoms with Crippen molar-refractivity contribution in [2.45, 2.75) is 70.6 Å². The van der Waals surface area contributed by atoms with Crippen LogP contribution in [0.5, 0.6) is 0 Å². The molecule has 1 aromatic heterocycles. The molecule has 3 fully saturated rings. The van der Waals surface area contributed by atoms with Crippen molar-refractivity contribution >= 4 is 21.9 Å². The number of carbonyl (C=O) groups is 2. The smallest absolute Gasteiger partial charge is 0.341 e. The molecule has 0 saturated carbocycles. The van der Waals surface area contributed by atoms with Gasteiger partial charge in [0.1, 0.15) is 10.5 Å². The highest BCUT2D eigenvalue weighted by molar-refractivity contribution is 7.89. The Morgan fingerprint density at radius 1 is 1.06 bits per heavy atom. The predicted molar refractivity (Wildman–Crippen MR) is 127 cm³/mol. The predicted octanol–water partition coefficient (Wildman–Crippen LogP) is 2.07. The number of carbonyl (C=O) groups excluding carboxylic acids is 2. The van der Waals surface area contributed by atoms with Crippen LogP contribution in [-0.4, -0.2) is 85.9 Å². The first-order valence-electron chi connectivity index (χ1n) is 12.6. The van der Waals surface area contributed by atoms with Gasteiger partial charge in [0.25, 0.3) is 0 Å². The van der Waals surface area contributed by atoms with E-state index in [4.69, 9.17) is 14.2 Å². The Kier molecular flexibility index (Phi) is 7.61. The van der Waals surface area contributed by atoms with E-state index in [-0.39, 0.29) is 29.5 Å². The summed E-state index contributed by atoms with van der Waals surface area (Å²) in [6.45, 7) is 10.4. The summed E-state index contributed by atoms with van der Waals surface area (Å²) >= 11 is 0. The van der Waals surface area contributed by atoms with Crippen molar-refractivity contribution in [3.8, 4) is 0 Å². The first-order valence-corrected chi connectivity index (χ1v) is 14.0. The standard InChI is InChI=1S/C24H37N3O7S/c1-5-27-17(3)20(23(29)32-6-2)21(18(27)4)35(30,31)26-11-7-8-19(16-26)22(28)25-12-9-24(10-13-25)33-14-15-34-24/h19H,5-16H2,1-4H3/t19-/m0/s1. The van der Waals surface area contributed by atoms with E-state index in [1.165, 1.54) is 4.31 Å². The number of hydrogen-bond donors (Lipinski definition) is 0. The highest BCUT2D eigenvalue weighted by Gasteiger charge is 2.43. The number of esters is 1. The molecule has 10 nitrogen and oxygen atoms in total. The summed E-state index contributed by atoms with van der Waals surface area (Å²) in [4.78, 5) is 27.9. The molecule has 0 aliphatic carbocycles. The van der Waals surface area contributed by atoms with E-state index < -0.39 is 27.7 Å². The Morgan fingerprint density at radius 3 is 2.31 bits per heavy atom. The highest BCUT2D eigenvalue weighted by Crippen LogP contribution is 2.35. The quantitative estimate of drug-likeness (QED) is 0.538. The first-order chi connectivity index (χ1) is 16.6. The summed E-state index contributed by atoms with van der Waals surface area (Å²) in [7, 11) is -4.01. The molecule has 35 heavy (non-hydrogen) atoms. The number of hydrogen-bond acceptors (Lipinski definition) is 7. The lowest BCUT2D eigenvalue weighted by molar-refractivity contribution is -0.188. The fraction of sp³-hybridized carbons (Fsp3) is 0.750. The van der Waals surface area contributed by atoms with E-state index in [1.54, 1.807) is 20.8 Å². The third-order valence-corrected chi connectivity index (χ3v) is 9.53. The second-order valence-electron chi connectivity index (χ2n) is 9.47. The average molecular weight is 512 g/mol. The van der Waals surface area contributed by atoms with Gasteiger partial charge in [0.15, 0.2) is 5.79 Å². The number of aromatic nitrogens is 1. The number of piperidine rings is 2. The van der Waals surface area contributed by atoms with E-state index >= 15 is 0 Å². The van der Waals surface area contributed by atoms with Gasteiger partial charge in [-0.15, -0.1) is 0 Å². The van der Waals surface area contributed by atoms with E-state index in [1.807, 2.05) is 16.4 Å². The highest BCUT2D eigenvalue weighted by atomic mass is 32.2. The molecule has 0 aromatic carbocycles. The molecule has 0 unspecified atom stereocenters. The van der Waals surface area contributed by atoms with Crippen molar-refractivity contribution in [2.24, 2.45) is 5.92 Å². The molecule has 3 aliphatic heterocycles. The van der Waals surface area contributed by atoms with E-state index in [2.05, 4.69) is 0 Å². The van der Waals surface area contributed by atoms with Crippen LogP contribution in [0.25, 0.3) is 0 Å². The molecule has 1 spiro atoms. The van der Waals surface area contributed by atoms with Crippen LogP contribution in [0.15, 0.2) is 4.90 Å². The van der Waals surface area contributed by atoms with E-state index in [9.17, 15) is 18.0 Å². The van der Waals surface area contributed by atoms with Gasteiger partial charge in [0, 0.05) is 57.0 Å². The molecule has 0 bridgehead atoms. The third-order valence-electron chi connectivity index (χ3n) is 7.50. The minimum Gasteiger partial charge on any atom is -0.462 e. The van der Waals surface area contributed by atoms with Crippen LogP contribution in [-0.2, 0) is 35.6 Å². The van der Waals surface area contributed by atoms with Crippen LogP contribution in [0.3, 0.4) is 0 Å². The molecule has 0 radical (unpaired) electrons. The average Bonchev–Trinajstić information content (AvgIpc) is 3.40. The minimum atomic E-state index is -4.01. The van der Waals surface area contributed by atoms with Crippen molar-refractivity contribution in [2.75, 3.05) is 46.0 Å². The van der Waals surface area contributed by atoms with Gasteiger partial charge < -0.3 is 23.7 Å². The zero-order chi connectivity index (χ0) is 25.4. The number of ether oxygens (including phenoxy) is 3. The summed E-state index contributed by atoms with van der Waals surface area (Å²) in [6, 6.07) is 0. The molecule has 1 aromatic rings. The molecule has 1 amide bonds. The lowest BCUT2D eigenvalue weighted by Gasteiger charge is -2.40. The molecule has 3 saturated heterocycles. The second kappa shape index (κ2) is 10.2. The molecule has 11 heteroatoms. The monoisotopic (exact) mass is 511 g/mol. The van der Waals surface area contributed by atoms with Gasteiger partial charge in [0.05, 0.1) is 25.7 Å². The van der Waals surface area contributed by atoms with Crippen molar-refractivity contribution < 1.29 is 32.2 Å². The van der Waals surface area contributed by atoms with Gasteiger partial charge >= 0.3 is 5.97 Å². The van der Waals surface area contributed by atoms with Gasteiger partial charge in [-0.05, 0) is 40.5 Å². The molecule has 1 atom stereocenters. The largest absolute Gasteiger partial charge is 0.462 e. The normalized spacial score (nSPS) is 23.1. The Balaban J connectivity index is 1.54. The molecule has 196 valence electrons. The molecular weight excluding hydrogens is 474 g/mol. The maximum Gasteiger partial charge on any atom is 0.341 e. The maximum absolute atomic E-state index is 13.9. The topological polar surface area (TPSA) is 107 Å². The number of rotatable bonds is 6. The number of amides is 1. The summed E-state index contributed by atoms with van der Waals surface area (Å²) < 4.78 is 47.7. The Labute approximate surface area is 207 Å². The van der Waals surface area contributed by atoms with Crippen LogP contribution in [0.1, 0.15) is 61.3 Å². The van der Waals surface area contributed by atoms with Crippen LogP contribution < -0.4 is 0 Å². The van der Waals surface area contributed by atoms with Crippen molar-refractivity contribution in [3.63, 3.8) is 0 Å².